The van der Waals surface area contributed by atoms with Crippen LogP contribution in [0.25, 0.3) is 76.6 Å². The Morgan fingerprint density at radius 2 is 0.837 bits per heavy atom. The lowest BCUT2D eigenvalue weighted by Gasteiger charge is -2.09. The van der Waals surface area contributed by atoms with Gasteiger partial charge in [0.25, 0.3) is 0 Å². The van der Waals surface area contributed by atoms with Crippen molar-refractivity contribution in [2.75, 3.05) is 0 Å². The average molecular weight is 568 g/mol. The first-order valence-corrected chi connectivity index (χ1v) is 15.1. The molecule has 0 spiro atoms. The lowest BCUT2D eigenvalue weighted by molar-refractivity contribution is 1.07. The van der Waals surface area contributed by atoms with Gasteiger partial charge in [0.15, 0.2) is 17.5 Å². The van der Waals surface area contributed by atoms with Crippen LogP contribution in [0.3, 0.4) is 0 Å². The van der Waals surface area contributed by atoms with E-state index in [2.05, 4.69) is 91.0 Å². The normalized spacial score (nSPS) is 11.3. The Balaban J connectivity index is 1.18. The molecule has 0 N–H and O–H groups in total. The van der Waals surface area contributed by atoms with E-state index in [0.717, 1.165) is 22.3 Å². The van der Waals surface area contributed by atoms with E-state index in [9.17, 15) is 0 Å². The van der Waals surface area contributed by atoms with E-state index >= 15 is 0 Å². The Morgan fingerprint density at radius 1 is 0.349 bits per heavy atom. The van der Waals surface area contributed by atoms with Gasteiger partial charge in [-0.05, 0) is 34.4 Å². The second kappa shape index (κ2) is 10.8. The number of nitrogens with zero attached hydrogens (tertiary/aromatic N) is 3. The van der Waals surface area contributed by atoms with Crippen molar-refractivity contribution in [1.29, 1.82) is 0 Å². The second-order valence-corrected chi connectivity index (χ2v) is 11.5. The van der Waals surface area contributed by atoms with Crippen LogP contribution in [0.5, 0.6) is 0 Å². The number of aromatic nitrogens is 3. The maximum Gasteiger partial charge on any atom is 0.164 e. The largest absolute Gasteiger partial charge is 0.208 e. The van der Waals surface area contributed by atoms with Crippen LogP contribution in [0.1, 0.15) is 0 Å². The fraction of sp³-hybridized carbons (Fsp3) is 0. The summed E-state index contributed by atoms with van der Waals surface area (Å²) in [6.45, 7) is 0. The van der Waals surface area contributed by atoms with Gasteiger partial charge >= 0.3 is 0 Å². The van der Waals surface area contributed by atoms with E-state index in [1.54, 1.807) is 0 Å². The Bertz CT molecular complexity index is 2150. The highest BCUT2D eigenvalue weighted by Gasteiger charge is 2.14. The number of thiophene rings is 1. The van der Waals surface area contributed by atoms with E-state index in [0.29, 0.717) is 17.5 Å². The Hall–Kier alpha value is -5.45. The standard InChI is InChI=1S/C39H25N3S/c1-4-11-27(12-5-1)32-17-10-18-33-34-25-31(23-24-35(34)43-36(32)33)26-19-21-30(22-20-26)39-41-37(28-13-6-2-7-14-28)40-38(42-39)29-15-8-3-9-16-29/h1-25H. The Morgan fingerprint density at radius 3 is 1.42 bits per heavy atom. The fourth-order valence-electron chi connectivity index (χ4n) is 5.57. The van der Waals surface area contributed by atoms with Crippen molar-refractivity contribution in [1.82, 2.24) is 15.0 Å². The highest BCUT2D eigenvalue weighted by Crippen LogP contribution is 2.41. The summed E-state index contributed by atoms with van der Waals surface area (Å²) in [5.74, 6) is 1.99. The van der Waals surface area contributed by atoms with Crippen molar-refractivity contribution in [3.63, 3.8) is 0 Å². The number of benzene rings is 6. The van der Waals surface area contributed by atoms with Crippen LogP contribution < -0.4 is 0 Å². The number of rotatable bonds is 5. The van der Waals surface area contributed by atoms with E-state index in [1.165, 1.54) is 36.9 Å². The van der Waals surface area contributed by atoms with Gasteiger partial charge in [-0.3, -0.25) is 0 Å². The molecule has 0 bridgehead atoms. The van der Waals surface area contributed by atoms with E-state index in [4.69, 9.17) is 15.0 Å². The van der Waals surface area contributed by atoms with Crippen molar-refractivity contribution in [3.8, 4) is 56.4 Å². The lowest BCUT2D eigenvalue weighted by Crippen LogP contribution is -2.00. The van der Waals surface area contributed by atoms with Crippen LogP contribution in [0, 0.1) is 0 Å². The molecule has 0 aliphatic carbocycles. The summed E-state index contributed by atoms with van der Waals surface area (Å²) in [7, 11) is 0. The zero-order valence-corrected chi connectivity index (χ0v) is 24.0. The van der Waals surface area contributed by atoms with Crippen molar-refractivity contribution in [2.45, 2.75) is 0 Å². The van der Waals surface area contributed by atoms with E-state index < -0.39 is 0 Å². The zero-order valence-electron chi connectivity index (χ0n) is 23.2. The predicted molar refractivity (Wildman–Crippen MR) is 180 cm³/mol. The fourth-order valence-corrected chi connectivity index (χ4v) is 6.79. The third kappa shape index (κ3) is 4.78. The van der Waals surface area contributed by atoms with Crippen LogP contribution >= 0.6 is 11.3 Å². The smallest absolute Gasteiger partial charge is 0.164 e. The van der Waals surface area contributed by atoms with Gasteiger partial charge in [0.1, 0.15) is 0 Å². The number of fused-ring (bicyclic) bond motifs is 3. The molecule has 0 atom stereocenters. The summed E-state index contributed by atoms with van der Waals surface area (Å²) in [6, 6.07) is 52.8. The Labute approximate surface area is 253 Å². The minimum atomic E-state index is 0.659. The molecule has 0 amide bonds. The van der Waals surface area contributed by atoms with Gasteiger partial charge < -0.3 is 0 Å². The molecular formula is C39H25N3S. The van der Waals surface area contributed by atoms with Gasteiger partial charge in [0.2, 0.25) is 0 Å². The molecule has 8 aromatic rings. The van der Waals surface area contributed by atoms with Gasteiger partial charge in [-0.25, -0.2) is 15.0 Å². The molecule has 8 rings (SSSR count). The van der Waals surface area contributed by atoms with Crippen LogP contribution in [0.4, 0.5) is 0 Å². The molecular weight excluding hydrogens is 543 g/mol. The van der Waals surface area contributed by atoms with Crippen LogP contribution in [0.2, 0.25) is 0 Å². The first-order valence-electron chi connectivity index (χ1n) is 14.3. The summed E-state index contributed by atoms with van der Waals surface area (Å²) >= 11 is 1.86. The molecule has 0 saturated heterocycles. The molecule has 3 nitrogen and oxygen atoms in total. The maximum absolute atomic E-state index is 4.88. The van der Waals surface area contributed by atoms with Crippen molar-refractivity contribution in [2.24, 2.45) is 0 Å². The maximum atomic E-state index is 4.88. The van der Waals surface area contributed by atoms with E-state index in [1.807, 2.05) is 72.0 Å². The summed E-state index contributed by atoms with van der Waals surface area (Å²) in [4.78, 5) is 14.6. The first-order chi connectivity index (χ1) is 21.3. The van der Waals surface area contributed by atoms with Crippen LogP contribution in [0.15, 0.2) is 152 Å². The van der Waals surface area contributed by atoms with E-state index in [-0.39, 0.29) is 0 Å². The molecule has 0 radical (unpaired) electrons. The molecule has 0 aliphatic rings. The molecule has 4 heteroatoms. The number of hydrogen-bond donors (Lipinski definition) is 0. The molecule has 202 valence electrons. The third-order valence-corrected chi connectivity index (χ3v) is 8.98. The van der Waals surface area contributed by atoms with Gasteiger partial charge in [-0.2, -0.15) is 0 Å². The van der Waals surface area contributed by atoms with Crippen molar-refractivity contribution >= 4 is 31.5 Å². The van der Waals surface area contributed by atoms with Gasteiger partial charge in [-0.15, -0.1) is 11.3 Å². The zero-order chi connectivity index (χ0) is 28.6. The minimum absolute atomic E-state index is 0.659. The van der Waals surface area contributed by atoms with Crippen LogP contribution in [-0.4, -0.2) is 15.0 Å². The molecule has 0 unspecified atom stereocenters. The molecule has 0 saturated carbocycles. The Kier molecular flexibility index (Phi) is 6.32. The topological polar surface area (TPSA) is 38.7 Å². The molecule has 6 aromatic carbocycles. The third-order valence-electron chi connectivity index (χ3n) is 7.76. The van der Waals surface area contributed by atoms with Crippen molar-refractivity contribution in [3.05, 3.63) is 152 Å². The summed E-state index contributed by atoms with van der Waals surface area (Å²) in [5.41, 5.74) is 7.76. The second-order valence-electron chi connectivity index (χ2n) is 10.5. The van der Waals surface area contributed by atoms with Crippen LogP contribution in [-0.2, 0) is 0 Å². The number of hydrogen-bond acceptors (Lipinski definition) is 4. The van der Waals surface area contributed by atoms with Gasteiger partial charge in [0.05, 0.1) is 0 Å². The average Bonchev–Trinajstić information content (AvgIpc) is 3.47. The highest BCUT2D eigenvalue weighted by atomic mass is 32.1. The highest BCUT2D eigenvalue weighted by molar-refractivity contribution is 7.26. The van der Waals surface area contributed by atoms with Gasteiger partial charge in [0, 0.05) is 36.9 Å². The summed E-state index contributed by atoms with van der Waals surface area (Å²) < 4.78 is 2.63. The lowest BCUT2D eigenvalue weighted by atomic mass is 9.99. The van der Waals surface area contributed by atoms with Gasteiger partial charge in [-0.1, -0.05) is 140 Å². The molecule has 2 heterocycles. The molecule has 0 aliphatic heterocycles. The molecule has 43 heavy (non-hydrogen) atoms. The first kappa shape index (κ1) is 25.3. The summed E-state index contributed by atoms with van der Waals surface area (Å²) in [5, 5.41) is 2.59. The monoisotopic (exact) mass is 567 g/mol. The molecule has 0 fully saturated rings. The molecule has 2 aromatic heterocycles. The van der Waals surface area contributed by atoms with Crippen molar-refractivity contribution < 1.29 is 0 Å². The minimum Gasteiger partial charge on any atom is -0.208 e. The quantitative estimate of drug-likeness (QED) is 0.208. The predicted octanol–water partition coefficient (Wildman–Crippen LogP) is 10.6. The summed E-state index contributed by atoms with van der Waals surface area (Å²) in [6.07, 6.45) is 0. The SMILES string of the molecule is c1ccc(-c2nc(-c3ccccc3)nc(-c3ccc(-c4ccc5sc6c(-c7ccccc7)cccc6c5c4)cc3)n2)cc1.